The van der Waals surface area contributed by atoms with Crippen LogP contribution in [0.15, 0.2) is 35.3 Å². The van der Waals surface area contributed by atoms with Gasteiger partial charge in [0.15, 0.2) is 5.96 Å². The van der Waals surface area contributed by atoms with E-state index < -0.39 is 66.0 Å². The summed E-state index contributed by atoms with van der Waals surface area (Å²) in [6.45, 7) is 10.5. The molecule has 20 heteroatoms. The van der Waals surface area contributed by atoms with Crippen LogP contribution in [0.4, 0.5) is 0 Å². The van der Waals surface area contributed by atoms with E-state index in [9.17, 15) is 38.4 Å². The molecular formula is C51H83N9O11. The van der Waals surface area contributed by atoms with Gasteiger partial charge >= 0.3 is 5.97 Å². The van der Waals surface area contributed by atoms with E-state index in [4.69, 9.17) is 19.3 Å². The molecule has 2 saturated heterocycles. The molecule has 0 bridgehead atoms. The highest BCUT2D eigenvalue weighted by molar-refractivity contribution is 6.01. The summed E-state index contributed by atoms with van der Waals surface area (Å²) in [5, 5.41) is 3.47. The first-order valence-corrected chi connectivity index (χ1v) is 24.9. The molecule has 0 radical (unpaired) electrons. The van der Waals surface area contributed by atoms with Crippen LogP contribution < -0.4 is 5.32 Å². The zero-order valence-electron chi connectivity index (χ0n) is 44.8. The first-order valence-electron chi connectivity index (χ1n) is 24.9. The van der Waals surface area contributed by atoms with Crippen molar-refractivity contribution < 1.29 is 52.7 Å². The topological polar surface area (TPSA) is 211 Å². The van der Waals surface area contributed by atoms with Crippen LogP contribution in [0.3, 0.4) is 0 Å². The van der Waals surface area contributed by atoms with Crippen molar-refractivity contribution in [3.8, 4) is 0 Å². The van der Waals surface area contributed by atoms with Gasteiger partial charge in [-0.25, -0.2) is 9.79 Å². The zero-order valence-corrected chi connectivity index (χ0v) is 44.8. The summed E-state index contributed by atoms with van der Waals surface area (Å²) in [6.07, 6.45) is 0.744. The number of likely N-dealkylation sites (tertiary alicyclic amines) is 1. The standard InChI is InChI=1S/C51H83N9O11/c1-15-34(4)46(58(12)50(68)45(33(2)3)53-51(54(6)7)55(8)9)39(69-13)32-43(64)59-28-20-23-38(59)47(70-14)35(5)48(66)52-37(31-36-21-17-16-18-22-36)49(67)57(11)30-29-56(10)40(61)24-19-25-44(65)71-60-41(62)26-27-42(60)63/h16-18,21-22,33-35,37-39,45-47H,15,19-20,23-32H2,1-14H3,(H,52,66)/t34-,35+,37-,38-,39+,45-,46-,47+/m0/s1. The molecule has 0 aliphatic carbocycles. The van der Waals surface area contributed by atoms with Crippen LogP contribution in [0.2, 0.25) is 0 Å². The normalized spacial score (nSPS) is 17.6. The van der Waals surface area contributed by atoms with E-state index in [-0.39, 0.29) is 93.5 Å². The fourth-order valence-corrected chi connectivity index (χ4v) is 9.29. The number of benzene rings is 1. The van der Waals surface area contributed by atoms with E-state index in [1.165, 1.54) is 16.9 Å². The maximum atomic E-state index is 14.5. The molecule has 1 N–H and O–H groups in total. The van der Waals surface area contributed by atoms with E-state index >= 15 is 0 Å². The van der Waals surface area contributed by atoms with E-state index in [2.05, 4.69) is 12.2 Å². The van der Waals surface area contributed by atoms with Crippen LogP contribution in [0.5, 0.6) is 0 Å². The Balaban J connectivity index is 1.72. The molecule has 398 valence electrons. The number of imide groups is 1. The lowest BCUT2D eigenvalue weighted by Gasteiger charge is -2.40. The highest BCUT2D eigenvalue weighted by Crippen LogP contribution is 2.30. The second kappa shape index (κ2) is 28.4. The van der Waals surface area contributed by atoms with E-state index in [0.29, 0.717) is 30.4 Å². The zero-order chi connectivity index (χ0) is 53.3. The number of hydrogen-bond donors (Lipinski definition) is 1. The minimum Gasteiger partial charge on any atom is -0.379 e. The summed E-state index contributed by atoms with van der Waals surface area (Å²) >= 11 is 0. The largest absolute Gasteiger partial charge is 0.379 e. The highest BCUT2D eigenvalue weighted by atomic mass is 16.7. The van der Waals surface area contributed by atoms with Crippen LogP contribution in [0, 0.1) is 17.8 Å². The average Bonchev–Trinajstić information content (AvgIpc) is 3.94. The summed E-state index contributed by atoms with van der Waals surface area (Å²) in [6, 6.07) is 6.75. The monoisotopic (exact) mass is 998 g/mol. The molecule has 3 rings (SSSR count). The molecule has 1 aromatic rings. The summed E-state index contributed by atoms with van der Waals surface area (Å²) in [5.74, 6) is -3.64. The molecule has 0 aromatic heterocycles. The number of rotatable bonds is 26. The number of nitrogens with one attached hydrogen (secondary N) is 1. The molecule has 0 spiro atoms. The minimum atomic E-state index is -0.976. The molecule has 0 saturated carbocycles. The van der Waals surface area contributed by atoms with Crippen LogP contribution in [0.25, 0.3) is 0 Å². The second-order valence-electron chi connectivity index (χ2n) is 19.7. The third-order valence-corrected chi connectivity index (χ3v) is 13.6. The van der Waals surface area contributed by atoms with Crippen molar-refractivity contribution in [1.29, 1.82) is 0 Å². The third-order valence-electron chi connectivity index (χ3n) is 13.6. The molecular weight excluding hydrogens is 915 g/mol. The minimum absolute atomic E-state index is 0.00524. The number of amides is 7. The average molecular weight is 998 g/mol. The van der Waals surface area contributed by atoms with Crippen LogP contribution in [-0.2, 0) is 59.1 Å². The Kier molecular flexibility index (Phi) is 23.9. The van der Waals surface area contributed by atoms with Gasteiger partial charge in [-0.15, -0.1) is 5.06 Å². The first kappa shape index (κ1) is 59.7. The summed E-state index contributed by atoms with van der Waals surface area (Å²) in [5.41, 5.74) is 0.822. The third kappa shape index (κ3) is 16.7. The van der Waals surface area contributed by atoms with Gasteiger partial charge in [0.2, 0.25) is 29.5 Å². The molecule has 20 nitrogen and oxygen atoms in total. The SMILES string of the molecule is CC[C@H](C)[C@@H]([C@@H](CC(=O)N1CCC[C@H]1[C@H](OC)[C@@H](C)C(=O)N[C@@H](Cc1ccccc1)C(=O)N(C)CCN(C)C(=O)CCCC(=O)ON1C(=O)CCC1=O)OC)N(C)C(=O)[C@@H](N=C(N(C)C)N(C)C)C(C)C. The van der Waals surface area contributed by atoms with Crippen molar-refractivity contribution in [3.05, 3.63) is 35.9 Å². The Morgan fingerprint density at radius 3 is 1.97 bits per heavy atom. The molecule has 1 aromatic carbocycles. The van der Waals surface area contributed by atoms with Gasteiger partial charge in [-0.05, 0) is 36.7 Å². The number of carbonyl (C=O) groups is 8. The van der Waals surface area contributed by atoms with Gasteiger partial charge in [0.25, 0.3) is 11.8 Å². The van der Waals surface area contributed by atoms with Crippen molar-refractivity contribution in [2.75, 3.05) is 83.2 Å². The number of guanidine groups is 1. The lowest BCUT2D eigenvalue weighted by molar-refractivity contribution is -0.197. The number of hydrogen-bond acceptors (Lipinski definition) is 12. The quantitative estimate of drug-likeness (QED) is 0.0806. The van der Waals surface area contributed by atoms with Gasteiger partial charge in [0.05, 0.1) is 36.6 Å². The lowest BCUT2D eigenvalue weighted by Crippen LogP contribution is -2.56. The number of carbonyl (C=O) groups excluding carboxylic acids is 8. The van der Waals surface area contributed by atoms with E-state index in [1.54, 1.807) is 45.0 Å². The number of aliphatic imine (C=N–C) groups is 1. The number of ether oxygens (including phenoxy) is 2. The highest BCUT2D eigenvalue weighted by Gasteiger charge is 2.43. The Labute approximate surface area is 421 Å². The van der Waals surface area contributed by atoms with E-state index in [0.717, 1.165) is 12.0 Å². The van der Waals surface area contributed by atoms with Gasteiger partial charge < -0.3 is 49.0 Å². The molecule has 2 aliphatic rings. The van der Waals surface area contributed by atoms with E-state index in [1.807, 2.05) is 89.1 Å². The van der Waals surface area contributed by atoms with Crippen LogP contribution in [-0.4, -0.2) is 207 Å². The van der Waals surface area contributed by atoms with Gasteiger partial charge in [-0.3, -0.25) is 33.6 Å². The first-order chi connectivity index (χ1) is 33.5. The van der Waals surface area contributed by atoms with Crippen molar-refractivity contribution in [3.63, 3.8) is 0 Å². The molecule has 8 atom stereocenters. The predicted octanol–water partition coefficient (Wildman–Crippen LogP) is 2.83. The van der Waals surface area contributed by atoms with Gasteiger partial charge in [-0.1, -0.05) is 71.4 Å². The predicted molar refractivity (Wildman–Crippen MR) is 268 cm³/mol. The number of likely N-dealkylation sites (N-methyl/N-ethyl adjacent to an activating group) is 3. The Morgan fingerprint density at radius 1 is 0.817 bits per heavy atom. The van der Waals surface area contributed by atoms with Gasteiger partial charge in [-0.2, -0.15) is 0 Å². The Morgan fingerprint density at radius 2 is 1.42 bits per heavy atom. The van der Waals surface area contributed by atoms with Crippen molar-refractivity contribution in [2.45, 2.75) is 135 Å². The smallest absolute Gasteiger partial charge is 0.333 e. The fourth-order valence-electron chi connectivity index (χ4n) is 9.29. The number of hydroxylamine groups is 2. The van der Waals surface area contributed by atoms with Crippen molar-refractivity contribution in [2.24, 2.45) is 22.7 Å². The summed E-state index contributed by atoms with van der Waals surface area (Å²) in [7, 11) is 15.6. The van der Waals surface area contributed by atoms with Crippen molar-refractivity contribution >= 4 is 53.3 Å². The Hall–Kier alpha value is -5.63. The maximum Gasteiger partial charge on any atom is 0.333 e. The molecule has 2 fully saturated rings. The number of methoxy groups -OCH3 is 2. The number of nitrogens with zero attached hydrogens (tertiary/aromatic N) is 8. The van der Waals surface area contributed by atoms with Crippen LogP contribution >= 0.6 is 0 Å². The molecule has 71 heavy (non-hydrogen) atoms. The fraction of sp³-hybridized carbons (Fsp3) is 0.706. The summed E-state index contributed by atoms with van der Waals surface area (Å²) < 4.78 is 12.1. The van der Waals surface area contributed by atoms with Crippen molar-refractivity contribution in [1.82, 2.24) is 39.8 Å². The molecule has 7 amide bonds. The molecule has 0 unspecified atom stereocenters. The maximum absolute atomic E-state index is 14.5. The lowest BCUT2D eigenvalue weighted by atomic mass is 9.89. The summed E-state index contributed by atoms with van der Waals surface area (Å²) in [4.78, 5) is 126. The Bertz CT molecular complexity index is 1970. The van der Waals surface area contributed by atoms with Crippen LogP contribution in [0.1, 0.15) is 98.0 Å². The molecule has 2 aliphatic heterocycles. The second-order valence-corrected chi connectivity index (χ2v) is 19.7. The molecule has 2 heterocycles. The van der Waals surface area contributed by atoms with Gasteiger partial charge in [0, 0.05) is 115 Å². The van der Waals surface area contributed by atoms with Gasteiger partial charge in [0.1, 0.15) is 12.1 Å².